The second kappa shape index (κ2) is 9.96. The SMILES string of the molecule is CC(C)(/C=N/O)C/C=C/CC/C=C/CC(N)c1ccccc1. The number of allylic oxidation sites excluding steroid dienone is 3. The van der Waals surface area contributed by atoms with E-state index in [0.29, 0.717) is 0 Å². The highest BCUT2D eigenvalue weighted by molar-refractivity contribution is 5.64. The minimum atomic E-state index is -0.0937. The maximum Gasteiger partial charge on any atom is 0.0495 e. The monoisotopic (exact) mass is 300 g/mol. The Labute approximate surface area is 134 Å². The maximum atomic E-state index is 8.55. The minimum Gasteiger partial charge on any atom is -0.411 e. The molecule has 0 bridgehead atoms. The van der Waals surface area contributed by atoms with Gasteiger partial charge in [0.05, 0.1) is 0 Å². The molecule has 0 saturated carbocycles. The van der Waals surface area contributed by atoms with Crippen LogP contribution in [0.1, 0.15) is 51.1 Å². The van der Waals surface area contributed by atoms with Gasteiger partial charge in [-0.1, -0.05) is 68.5 Å². The molecule has 0 heterocycles. The molecular formula is C19H28N2O. The lowest BCUT2D eigenvalue weighted by molar-refractivity contribution is 0.313. The molecule has 3 heteroatoms. The Bertz CT molecular complexity index is 489. The van der Waals surface area contributed by atoms with Crippen LogP contribution in [-0.4, -0.2) is 11.4 Å². The van der Waals surface area contributed by atoms with Gasteiger partial charge >= 0.3 is 0 Å². The summed E-state index contributed by atoms with van der Waals surface area (Å²) in [5, 5.41) is 11.7. The summed E-state index contributed by atoms with van der Waals surface area (Å²) in [6.07, 6.45) is 14.0. The third-order valence-corrected chi connectivity index (χ3v) is 3.50. The first-order chi connectivity index (χ1) is 10.5. The highest BCUT2D eigenvalue weighted by Crippen LogP contribution is 2.18. The van der Waals surface area contributed by atoms with Crippen molar-refractivity contribution >= 4 is 6.21 Å². The number of rotatable bonds is 9. The molecule has 120 valence electrons. The molecule has 0 aliphatic carbocycles. The Kier molecular flexibility index (Phi) is 8.23. The Morgan fingerprint density at radius 3 is 2.36 bits per heavy atom. The van der Waals surface area contributed by atoms with Gasteiger partial charge in [-0.05, 0) is 31.2 Å². The molecule has 0 radical (unpaired) electrons. The fourth-order valence-electron chi connectivity index (χ4n) is 2.10. The zero-order valence-corrected chi connectivity index (χ0v) is 13.7. The summed E-state index contributed by atoms with van der Waals surface area (Å²) in [5.41, 5.74) is 7.22. The van der Waals surface area contributed by atoms with Crippen LogP contribution in [0.4, 0.5) is 0 Å². The van der Waals surface area contributed by atoms with Crippen molar-refractivity contribution in [1.29, 1.82) is 0 Å². The summed E-state index contributed by atoms with van der Waals surface area (Å²) in [5.74, 6) is 0. The number of nitrogens with zero attached hydrogens (tertiary/aromatic N) is 1. The quantitative estimate of drug-likeness (QED) is 0.225. The summed E-state index contributed by atoms with van der Waals surface area (Å²) in [6.45, 7) is 4.09. The van der Waals surface area contributed by atoms with E-state index in [9.17, 15) is 0 Å². The predicted octanol–water partition coefficient (Wildman–Crippen LogP) is 4.85. The normalized spacial score (nSPS) is 14.3. The first-order valence-corrected chi connectivity index (χ1v) is 7.84. The average Bonchev–Trinajstić information content (AvgIpc) is 2.50. The molecule has 0 saturated heterocycles. The molecule has 3 nitrogen and oxygen atoms in total. The van der Waals surface area contributed by atoms with Gasteiger partial charge < -0.3 is 10.9 Å². The zero-order chi connectivity index (χ0) is 16.3. The van der Waals surface area contributed by atoms with Crippen molar-refractivity contribution in [2.45, 2.75) is 45.6 Å². The van der Waals surface area contributed by atoms with Crippen LogP contribution in [0.25, 0.3) is 0 Å². The summed E-state index contributed by atoms with van der Waals surface area (Å²) < 4.78 is 0. The van der Waals surface area contributed by atoms with Gasteiger partial charge in [-0.15, -0.1) is 5.16 Å². The second-order valence-corrected chi connectivity index (χ2v) is 6.21. The largest absolute Gasteiger partial charge is 0.411 e. The smallest absolute Gasteiger partial charge is 0.0495 e. The van der Waals surface area contributed by atoms with Crippen molar-refractivity contribution in [3.05, 3.63) is 60.2 Å². The second-order valence-electron chi connectivity index (χ2n) is 6.21. The van der Waals surface area contributed by atoms with Crippen molar-refractivity contribution in [3.63, 3.8) is 0 Å². The minimum absolute atomic E-state index is 0.0755. The van der Waals surface area contributed by atoms with E-state index in [1.807, 2.05) is 32.0 Å². The van der Waals surface area contributed by atoms with E-state index in [1.54, 1.807) is 6.21 Å². The molecule has 0 aliphatic heterocycles. The van der Waals surface area contributed by atoms with Gasteiger partial charge in [0.25, 0.3) is 0 Å². The van der Waals surface area contributed by atoms with Crippen molar-refractivity contribution in [2.24, 2.45) is 16.3 Å². The fourth-order valence-corrected chi connectivity index (χ4v) is 2.10. The number of hydrogen-bond acceptors (Lipinski definition) is 3. The Morgan fingerprint density at radius 2 is 1.73 bits per heavy atom. The number of benzene rings is 1. The molecule has 0 amide bonds. The zero-order valence-electron chi connectivity index (χ0n) is 13.7. The van der Waals surface area contributed by atoms with Crippen molar-refractivity contribution in [1.82, 2.24) is 0 Å². The van der Waals surface area contributed by atoms with E-state index in [2.05, 4.69) is 41.6 Å². The molecule has 1 aromatic rings. The Balaban J connectivity index is 2.19. The van der Waals surface area contributed by atoms with Crippen LogP contribution in [0, 0.1) is 5.41 Å². The third kappa shape index (κ3) is 7.79. The van der Waals surface area contributed by atoms with Gasteiger partial charge in [-0.2, -0.15) is 0 Å². The van der Waals surface area contributed by atoms with Gasteiger partial charge in [0.15, 0.2) is 0 Å². The highest BCUT2D eigenvalue weighted by atomic mass is 16.4. The summed E-state index contributed by atoms with van der Waals surface area (Å²) >= 11 is 0. The van der Waals surface area contributed by atoms with Crippen LogP contribution in [0.3, 0.4) is 0 Å². The lowest BCUT2D eigenvalue weighted by Gasteiger charge is -2.14. The molecule has 0 aromatic heterocycles. The Morgan fingerprint density at radius 1 is 1.09 bits per heavy atom. The average molecular weight is 300 g/mol. The number of hydrogen-bond donors (Lipinski definition) is 2. The lowest BCUT2D eigenvalue weighted by Crippen LogP contribution is -2.11. The Hall–Kier alpha value is -1.87. The molecule has 0 spiro atoms. The van der Waals surface area contributed by atoms with E-state index in [1.165, 1.54) is 5.56 Å². The molecular weight excluding hydrogens is 272 g/mol. The molecule has 1 atom stereocenters. The summed E-state index contributed by atoms with van der Waals surface area (Å²) in [4.78, 5) is 0. The molecule has 1 aromatic carbocycles. The number of oxime groups is 1. The molecule has 1 rings (SSSR count). The van der Waals surface area contributed by atoms with Gasteiger partial charge in [0.1, 0.15) is 0 Å². The van der Waals surface area contributed by atoms with Gasteiger partial charge in [-0.3, -0.25) is 0 Å². The maximum absolute atomic E-state index is 8.55. The van der Waals surface area contributed by atoms with E-state index in [0.717, 1.165) is 25.7 Å². The number of nitrogens with two attached hydrogens (primary N) is 1. The van der Waals surface area contributed by atoms with Crippen molar-refractivity contribution in [2.75, 3.05) is 0 Å². The van der Waals surface area contributed by atoms with Gasteiger partial charge in [0, 0.05) is 17.7 Å². The summed E-state index contributed by atoms with van der Waals surface area (Å²) in [6, 6.07) is 10.3. The van der Waals surface area contributed by atoms with E-state index in [4.69, 9.17) is 10.9 Å². The first-order valence-electron chi connectivity index (χ1n) is 7.84. The van der Waals surface area contributed by atoms with Crippen LogP contribution in [0.2, 0.25) is 0 Å². The highest BCUT2D eigenvalue weighted by Gasteiger charge is 2.12. The van der Waals surface area contributed by atoms with Gasteiger partial charge in [-0.25, -0.2) is 0 Å². The summed E-state index contributed by atoms with van der Waals surface area (Å²) in [7, 11) is 0. The fraction of sp³-hybridized carbons (Fsp3) is 0.421. The van der Waals surface area contributed by atoms with Crippen molar-refractivity contribution < 1.29 is 5.21 Å². The molecule has 0 fully saturated rings. The molecule has 22 heavy (non-hydrogen) atoms. The molecule has 3 N–H and O–H groups in total. The van der Waals surface area contributed by atoms with Crippen molar-refractivity contribution in [3.8, 4) is 0 Å². The standard InChI is InChI=1S/C19H28N2O/c1-19(2,16-21-22)15-11-6-4-3-5-10-14-18(20)17-12-8-7-9-13-17/h5-13,16,18,22H,3-4,14-15,20H2,1-2H3/b10-5+,11-6+,21-16+. The van der Waals surface area contributed by atoms with E-state index in [-0.39, 0.29) is 11.5 Å². The topological polar surface area (TPSA) is 58.6 Å². The molecule has 0 aliphatic rings. The van der Waals surface area contributed by atoms with Crippen LogP contribution in [0.15, 0.2) is 59.8 Å². The van der Waals surface area contributed by atoms with Crippen LogP contribution < -0.4 is 5.73 Å². The van der Waals surface area contributed by atoms with Crippen LogP contribution >= 0.6 is 0 Å². The van der Waals surface area contributed by atoms with Crippen LogP contribution in [-0.2, 0) is 0 Å². The van der Waals surface area contributed by atoms with Crippen LogP contribution in [0.5, 0.6) is 0 Å². The molecule has 1 unspecified atom stereocenters. The number of unbranched alkanes of at least 4 members (excludes halogenated alkanes) is 1. The first kappa shape index (κ1) is 18.2. The van der Waals surface area contributed by atoms with E-state index < -0.39 is 0 Å². The van der Waals surface area contributed by atoms with E-state index >= 15 is 0 Å². The third-order valence-electron chi connectivity index (χ3n) is 3.50. The van der Waals surface area contributed by atoms with Gasteiger partial charge in [0.2, 0.25) is 0 Å². The lowest BCUT2D eigenvalue weighted by atomic mass is 9.91. The predicted molar refractivity (Wildman–Crippen MR) is 94.2 cm³/mol.